The molecular formula is C9H12O5. The summed E-state index contributed by atoms with van der Waals surface area (Å²) < 4.78 is 0. The molecule has 0 amide bonds. The van der Waals surface area contributed by atoms with E-state index < -0.39 is 12.3 Å². The lowest BCUT2D eigenvalue weighted by Gasteiger charge is -2.05. The van der Waals surface area contributed by atoms with Gasteiger partial charge in [0.1, 0.15) is 6.10 Å². The predicted molar refractivity (Wildman–Crippen MR) is 49.1 cm³/mol. The average Bonchev–Trinajstić information content (AvgIpc) is 2.17. The number of aliphatic hydroxyl groups is 2. The minimum atomic E-state index is -1.83. The minimum absolute atomic E-state index is 0.218. The molecule has 0 radical (unpaired) electrons. The topological polar surface area (TPSA) is 98.0 Å². The summed E-state index contributed by atoms with van der Waals surface area (Å²) in [7, 11) is 0. The Hall–Kier alpha value is -1.59. The van der Waals surface area contributed by atoms with E-state index in [0.717, 1.165) is 5.56 Å². The fourth-order valence-corrected chi connectivity index (χ4v) is 0.781. The third kappa shape index (κ3) is 5.99. The first-order chi connectivity index (χ1) is 6.57. The van der Waals surface area contributed by atoms with Gasteiger partial charge in [0.15, 0.2) is 0 Å². The standard InChI is InChI=1S/C8H10O2.CH2O3/c9-6-8(10)7-4-2-1-3-5-7;2-1(3)4/h1-5,8-10H,6H2;(H2,2,3,4). The van der Waals surface area contributed by atoms with E-state index in [0.29, 0.717) is 0 Å². The lowest BCUT2D eigenvalue weighted by molar-refractivity contribution is 0.0956. The molecule has 0 aliphatic rings. The fraction of sp³-hybridized carbons (Fsp3) is 0.222. The van der Waals surface area contributed by atoms with Crippen LogP contribution in [0.1, 0.15) is 11.7 Å². The van der Waals surface area contributed by atoms with Crippen LogP contribution < -0.4 is 0 Å². The second kappa shape index (κ2) is 6.88. The van der Waals surface area contributed by atoms with Crippen LogP contribution in [-0.4, -0.2) is 33.2 Å². The number of rotatable bonds is 2. The molecule has 0 aliphatic heterocycles. The van der Waals surface area contributed by atoms with Crippen LogP contribution in [0.5, 0.6) is 0 Å². The number of carboxylic acid groups (broad SMARTS) is 2. The van der Waals surface area contributed by atoms with Crippen LogP contribution in [0.2, 0.25) is 0 Å². The minimum Gasteiger partial charge on any atom is -0.450 e. The molecule has 1 unspecified atom stereocenters. The number of hydrogen-bond donors (Lipinski definition) is 4. The largest absolute Gasteiger partial charge is 0.503 e. The second-order valence-corrected chi connectivity index (χ2v) is 2.39. The van der Waals surface area contributed by atoms with Crippen LogP contribution in [0.15, 0.2) is 30.3 Å². The van der Waals surface area contributed by atoms with Gasteiger partial charge in [0.25, 0.3) is 0 Å². The molecule has 0 heterocycles. The Kier molecular flexibility index (Phi) is 6.09. The van der Waals surface area contributed by atoms with Gasteiger partial charge in [-0.2, -0.15) is 0 Å². The summed E-state index contributed by atoms with van der Waals surface area (Å²) in [6.45, 7) is -0.218. The van der Waals surface area contributed by atoms with Gasteiger partial charge in [0, 0.05) is 0 Å². The van der Waals surface area contributed by atoms with Gasteiger partial charge in [-0.3, -0.25) is 0 Å². The lowest BCUT2D eigenvalue weighted by atomic mass is 10.1. The number of aliphatic hydroxyl groups excluding tert-OH is 2. The van der Waals surface area contributed by atoms with Crippen molar-refractivity contribution in [3.05, 3.63) is 35.9 Å². The molecular weight excluding hydrogens is 188 g/mol. The van der Waals surface area contributed by atoms with Gasteiger partial charge in [0.2, 0.25) is 0 Å². The molecule has 0 bridgehead atoms. The predicted octanol–water partition coefficient (Wildman–Crippen LogP) is 0.935. The van der Waals surface area contributed by atoms with Gasteiger partial charge >= 0.3 is 6.16 Å². The normalized spacial score (nSPS) is 11.0. The highest BCUT2D eigenvalue weighted by molar-refractivity contribution is 5.53. The van der Waals surface area contributed by atoms with Gasteiger partial charge < -0.3 is 20.4 Å². The highest BCUT2D eigenvalue weighted by atomic mass is 16.6. The summed E-state index contributed by atoms with van der Waals surface area (Å²) in [4.78, 5) is 8.56. The zero-order valence-electron chi connectivity index (χ0n) is 7.37. The van der Waals surface area contributed by atoms with Crippen molar-refractivity contribution in [2.75, 3.05) is 6.61 Å². The van der Waals surface area contributed by atoms with Crippen LogP contribution in [0.3, 0.4) is 0 Å². The third-order valence-electron chi connectivity index (χ3n) is 1.36. The maximum absolute atomic E-state index is 9.08. The third-order valence-corrected chi connectivity index (χ3v) is 1.36. The molecule has 0 aliphatic carbocycles. The molecule has 0 aromatic heterocycles. The molecule has 0 spiro atoms. The van der Waals surface area contributed by atoms with Crippen molar-refractivity contribution in [1.82, 2.24) is 0 Å². The average molecular weight is 200 g/mol. The Labute approximate surface area is 80.9 Å². The summed E-state index contributed by atoms with van der Waals surface area (Å²) in [6, 6.07) is 9.08. The zero-order valence-corrected chi connectivity index (χ0v) is 7.37. The molecule has 1 aromatic rings. The first-order valence-electron chi connectivity index (χ1n) is 3.83. The molecule has 5 nitrogen and oxygen atoms in total. The molecule has 78 valence electrons. The number of carbonyl (C=O) groups is 1. The Morgan fingerprint density at radius 3 is 2.00 bits per heavy atom. The summed E-state index contributed by atoms with van der Waals surface area (Å²) in [6.07, 6.45) is -2.57. The van der Waals surface area contributed by atoms with Crippen molar-refractivity contribution >= 4 is 6.16 Å². The zero-order chi connectivity index (χ0) is 11.0. The van der Waals surface area contributed by atoms with Gasteiger partial charge in [-0.25, -0.2) is 4.79 Å². The van der Waals surface area contributed by atoms with Gasteiger partial charge in [-0.1, -0.05) is 30.3 Å². The molecule has 0 fully saturated rings. The maximum atomic E-state index is 9.08. The highest BCUT2D eigenvalue weighted by Gasteiger charge is 2.02. The van der Waals surface area contributed by atoms with Crippen LogP contribution in [0, 0.1) is 0 Å². The van der Waals surface area contributed by atoms with E-state index in [9.17, 15) is 0 Å². The van der Waals surface area contributed by atoms with Crippen molar-refractivity contribution in [2.24, 2.45) is 0 Å². The second-order valence-electron chi connectivity index (χ2n) is 2.39. The number of benzene rings is 1. The van der Waals surface area contributed by atoms with E-state index in [1.54, 1.807) is 12.1 Å². The maximum Gasteiger partial charge on any atom is 0.503 e. The molecule has 1 rings (SSSR count). The van der Waals surface area contributed by atoms with Crippen molar-refractivity contribution in [2.45, 2.75) is 6.10 Å². The smallest absolute Gasteiger partial charge is 0.450 e. The van der Waals surface area contributed by atoms with E-state index in [2.05, 4.69) is 0 Å². The molecule has 1 aromatic carbocycles. The van der Waals surface area contributed by atoms with Crippen LogP contribution in [-0.2, 0) is 0 Å². The Morgan fingerprint density at radius 2 is 1.64 bits per heavy atom. The van der Waals surface area contributed by atoms with Crippen LogP contribution in [0.25, 0.3) is 0 Å². The monoisotopic (exact) mass is 200 g/mol. The summed E-state index contributed by atoms with van der Waals surface area (Å²) in [5.41, 5.74) is 0.755. The van der Waals surface area contributed by atoms with E-state index in [4.69, 9.17) is 25.2 Å². The van der Waals surface area contributed by atoms with Gasteiger partial charge in [-0.15, -0.1) is 0 Å². The molecule has 14 heavy (non-hydrogen) atoms. The van der Waals surface area contributed by atoms with E-state index >= 15 is 0 Å². The van der Waals surface area contributed by atoms with Crippen molar-refractivity contribution in [1.29, 1.82) is 0 Å². The molecule has 1 atom stereocenters. The molecule has 4 N–H and O–H groups in total. The SMILES string of the molecule is O=C(O)O.OCC(O)c1ccccc1. The quantitative estimate of drug-likeness (QED) is 0.569. The molecule has 0 saturated carbocycles. The van der Waals surface area contributed by atoms with E-state index in [1.165, 1.54) is 0 Å². The van der Waals surface area contributed by atoms with E-state index in [-0.39, 0.29) is 6.61 Å². The summed E-state index contributed by atoms with van der Waals surface area (Å²) >= 11 is 0. The summed E-state index contributed by atoms with van der Waals surface area (Å²) in [5, 5.41) is 31.6. The summed E-state index contributed by atoms with van der Waals surface area (Å²) in [5.74, 6) is 0. The van der Waals surface area contributed by atoms with Gasteiger partial charge in [-0.05, 0) is 5.56 Å². The van der Waals surface area contributed by atoms with Crippen molar-refractivity contribution in [3.8, 4) is 0 Å². The first-order valence-corrected chi connectivity index (χ1v) is 3.83. The first kappa shape index (κ1) is 12.4. The van der Waals surface area contributed by atoms with Crippen molar-refractivity contribution < 1.29 is 25.2 Å². The molecule has 5 heteroatoms. The lowest BCUT2D eigenvalue weighted by Crippen LogP contribution is -2.01. The van der Waals surface area contributed by atoms with Crippen LogP contribution >= 0.6 is 0 Å². The van der Waals surface area contributed by atoms with Gasteiger partial charge in [0.05, 0.1) is 6.61 Å². The van der Waals surface area contributed by atoms with E-state index in [1.807, 2.05) is 18.2 Å². The Morgan fingerprint density at radius 1 is 1.21 bits per heavy atom. The Bertz CT molecular complexity index is 255. The fourth-order valence-electron chi connectivity index (χ4n) is 0.781. The van der Waals surface area contributed by atoms with Crippen LogP contribution in [0.4, 0.5) is 4.79 Å². The molecule has 0 saturated heterocycles. The Balaban J connectivity index is 0.000000364. The van der Waals surface area contributed by atoms with Crippen molar-refractivity contribution in [3.63, 3.8) is 0 Å². The number of hydrogen-bond acceptors (Lipinski definition) is 3. The highest BCUT2D eigenvalue weighted by Crippen LogP contribution is 2.09.